The number of hydrogen-bond donors (Lipinski definition) is 0. The van der Waals surface area contributed by atoms with Gasteiger partial charge in [-0.15, -0.1) is 0 Å². The average Bonchev–Trinajstić information content (AvgIpc) is 3.23. The molecule has 1 aliphatic rings. The van der Waals surface area contributed by atoms with E-state index in [1.54, 1.807) is 0 Å². The molecule has 0 saturated heterocycles. The normalized spacial score (nSPS) is 11.7. The van der Waals surface area contributed by atoms with E-state index in [1.165, 1.54) is 55.6 Å². The molecule has 0 nitrogen and oxygen atoms in total. The second kappa shape index (κ2) is 7.41. The quantitative estimate of drug-likeness (QED) is 0.283. The third-order valence-corrected chi connectivity index (χ3v) is 6.29. The largest absolute Gasteiger partial charge is 0.0622 e. The minimum atomic E-state index is 0.986. The highest BCUT2D eigenvalue weighted by Gasteiger charge is 2.27. The van der Waals surface area contributed by atoms with Crippen molar-refractivity contribution in [1.29, 1.82) is 0 Å². The molecule has 0 atom stereocenters. The summed E-state index contributed by atoms with van der Waals surface area (Å²) in [7, 11) is 0. The van der Waals surface area contributed by atoms with Gasteiger partial charge in [-0.05, 0) is 68.1 Å². The second-order valence-electron chi connectivity index (χ2n) is 8.14. The fourth-order valence-electron chi connectivity index (χ4n) is 4.95. The van der Waals surface area contributed by atoms with Crippen molar-refractivity contribution in [2.45, 2.75) is 6.42 Å². The Hall–Kier alpha value is -3.90. The lowest BCUT2D eigenvalue weighted by Gasteiger charge is -2.21. The zero-order chi connectivity index (χ0) is 20.6. The second-order valence-corrected chi connectivity index (χ2v) is 8.14. The SMILES string of the molecule is c1ccc(-c2cc3c(c(-c4ccccc4)c2-c2ccccc2)-c2ccccc2C3)cc1. The lowest BCUT2D eigenvalue weighted by molar-refractivity contribution is 1.26. The average molecular weight is 395 g/mol. The molecular weight excluding hydrogens is 372 g/mol. The highest BCUT2D eigenvalue weighted by Crippen LogP contribution is 2.51. The fraction of sp³-hybridized carbons (Fsp3) is 0.0323. The first-order chi connectivity index (χ1) is 15.4. The number of rotatable bonds is 3. The van der Waals surface area contributed by atoms with Gasteiger partial charge in [0, 0.05) is 0 Å². The summed E-state index contributed by atoms with van der Waals surface area (Å²) in [5.74, 6) is 0. The number of hydrogen-bond acceptors (Lipinski definition) is 0. The van der Waals surface area contributed by atoms with Crippen LogP contribution in [0, 0.1) is 0 Å². The first-order valence-corrected chi connectivity index (χ1v) is 10.8. The zero-order valence-corrected chi connectivity index (χ0v) is 17.3. The van der Waals surface area contributed by atoms with Crippen molar-refractivity contribution in [2.24, 2.45) is 0 Å². The Balaban J connectivity index is 1.79. The van der Waals surface area contributed by atoms with Crippen LogP contribution in [0.2, 0.25) is 0 Å². The van der Waals surface area contributed by atoms with E-state index in [0.717, 1.165) is 6.42 Å². The maximum absolute atomic E-state index is 2.43. The maximum Gasteiger partial charge on any atom is -0.00130 e. The predicted molar refractivity (Wildman–Crippen MR) is 131 cm³/mol. The molecule has 0 spiro atoms. The molecule has 146 valence electrons. The van der Waals surface area contributed by atoms with E-state index >= 15 is 0 Å². The fourth-order valence-corrected chi connectivity index (χ4v) is 4.95. The molecule has 0 saturated carbocycles. The van der Waals surface area contributed by atoms with Crippen LogP contribution in [0.15, 0.2) is 121 Å². The lowest BCUT2D eigenvalue weighted by Crippen LogP contribution is -1.96. The van der Waals surface area contributed by atoms with Crippen LogP contribution in [0.3, 0.4) is 0 Å². The van der Waals surface area contributed by atoms with E-state index in [-0.39, 0.29) is 0 Å². The summed E-state index contributed by atoms with van der Waals surface area (Å²) in [4.78, 5) is 0. The Labute approximate surface area is 183 Å². The molecule has 1 aliphatic carbocycles. The Bertz CT molecular complexity index is 1360. The molecule has 0 amide bonds. The van der Waals surface area contributed by atoms with Gasteiger partial charge in [0.05, 0.1) is 0 Å². The highest BCUT2D eigenvalue weighted by molar-refractivity contribution is 6.04. The standard InChI is InChI=1S/C31H22/c1-4-12-22(13-5-1)28-21-26-20-25-18-10-11-19-27(25)30(26)31(24-16-8-3-9-17-24)29(28)23-14-6-2-7-15-23/h1-19,21H,20H2. The van der Waals surface area contributed by atoms with E-state index in [9.17, 15) is 0 Å². The molecular formula is C31H22. The van der Waals surface area contributed by atoms with E-state index in [1.807, 2.05) is 0 Å². The smallest absolute Gasteiger partial charge is 0.00130 e. The van der Waals surface area contributed by atoms with Crippen LogP contribution in [-0.4, -0.2) is 0 Å². The minimum absolute atomic E-state index is 0.986. The van der Waals surface area contributed by atoms with Gasteiger partial charge in [0.2, 0.25) is 0 Å². The van der Waals surface area contributed by atoms with Crippen LogP contribution in [0.5, 0.6) is 0 Å². The van der Waals surface area contributed by atoms with E-state index in [0.29, 0.717) is 0 Å². The molecule has 5 aromatic carbocycles. The van der Waals surface area contributed by atoms with Gasteiger partial charge in [-0.2, -0.15) is 0 Å². The van der Waals surface area contributed by atoms with Crippen molar-refractivity contribution in [3.05, 3.63) is 132 Å². The van der Waals surface area contributed by atoms with Crippen molar-refractivity contribution in [3.8, 4) is 44.5 Å². The van der Waals surface area contributed by atoms with Gasteiger partial charge in [-0.25, -0.2) is 0 Å². The highest BCUT2D eigenvalue weighted by atomic mass is 14.3. The first-order valence-electron chi connectivity index (χ1n) is 10.8. The van der Waals surface area contributed by atoms with Crippen molar-refractivity contribution >= 4 is 0 Å². The molecule has 0 aliphatic heterocycles. The van der Waals surface area contributed by atoms with Gasteiger partial charge < -0.3 is 0 Å². The molecule has 31 heavy (non-hydrogen) atoms. The van der Waals surface area contributed by atoms with Crippen LogP contribution < -0.4 is 0 Å². The number of benzene rings is 5. The summed E-state index contributed by atoms with van der Waals surface area (Å²) in [6, 6.07) is 43.8. The van der Waals surface area contributed by atoms with Gasteiger partial charge in [-0.1, -0.05) is 115 Å². The minimum Gasteiger partial charge on any atom is -0.0622 e. The van der Waals surface area contributed by atoms with Crippen LogP contribution in [-0.2, 0) is 6.42 Å². The molecule has 0 aromatic heterocycles. The molecule has 5 aromatic rings. The molecule has 0 unspecified atom stereocenters. The number of fused-ring (bicyclic) bond motifs is 3. The molecule has 6 rings (SSSR count). The Kier molecular flexibility index (Phi) is 4.28. The molecule has 0 bridgehead atoms. The van der Waals surface area contributed by atoms with Gasteiger partial charge >= 0.3 is 0 Å². The third-order valence-electron chi connectivity index (χ3n) is 6.29. The van der Waals surface area contributed by atoms with Crippen LogP contribution >= 0.6 is 0 Å². The van der Waals surface area contributed by atoms with E-state index < -0.39 is 0 Å². The first kappa shape index (κ1) is 17.9. The van der Waals surface area contributed by atoms with Gasteiger partial charge in [0.15, 0.2) is 0 Å². The van der Waals surface area contributed by atoms with E-state index in [2.05, 4.69) is 121 Å². The topological polar surface area (TPSA) is 0 Å². The Morgan fingerprint density at radius 2 is 0.871 bits per heavy atom. The van der Waals surface area contributed by atoms with Crippen molar-refractivity contribution in [3.63, 3.8) is 0 Å². The maximum atomic E-state index is 2.43. The van der Waals surface area contributed by atoms with E-state index in [4.69, 9.17) is 0 Å². The summed E-state index contributed by atoms with van der Waals surface area (Å²) in [6.07, 6.45) is 0.986. The summed E-state index contributed by atoms with van der Waals surface area (Å²) in [5.41, 5.74) is 13.3. The van der Waals surface area contributed by atoms with Crippen LogP contribution in [0.1, 0.15) is 11.1 Å². The molecule has 0 heterocycles. The van der Waals surface area contributed by atoms with Crippen molar-refractivity contribution < 1.29 is 0 Å². The molecule has 0 radical (unpaired) electrons. The van der Waals surface area contributed by atoms with Crippen molar-refractivity contribution in [2.75, 3.05) is 0 Å². The molecule has 0 N–H and O–H groups in total. The molecule has 0 fully saturated rings. The predicted octanol–water partition coefficient (Wildman–Crippen LogP) is 8.26. The summed E-state index contributed by atoms with van der Waals surface area (Å²) in [5, 5.41) is 0. The van der Waals surface area contributed by atoms with Gasteiger partial charge in [0.25, 0.3) is 0 Å². The Morgan fingerprint density at radius 1 is 0.355 bits per heavy atom. The summed E-state index contributed by atoms with van der Waals surface area (Å²) < 4.78 is 0. The zero-order valence-electron chi connectivity index (χ0n) is 17.3. The monoisotopic (exact) mass is 394 g/mol. The van der Waals surface area contributed by atoms with Crippen LogP contribution in [0.4, 0.5) is 0 Å². The van der Waals surface area contributed by atoms with Crippen molar-refractivity contribution in [1.82, 2.24) is 0 Å². The third kappa shape index (κ3) is 3.00. The summed E-state index contributed by atoms with van der Waals surface area (Å²) >= 11 is 0. The summed E-state index contributed by atoms with van der Waals surface area (Å²) in [6.45, 7) is 0. The Morgan fingerprint density at radius 3 is 1.52 bits per heavy atom. The van der Waals surface area contributed by atoms with Gasteiger partial charge in [0.1, 0.15) is 0 Å². The van der Waals surface area contributed by atoms with Gasteiger partial charge in [-0.3, -0.25) is 0 Å². The lowest BCUT2D eigenvalue weighted by atomic mass is 9.82. The molecule has 0 heteroatoms. The van der Waals surface area contributed by atoms with Crippen LogP contribution in [0.25, 0.3) is 44.5 Å².